The highest BCUT2D eigenvalue weighted by molar-refractivity contribution is 6.31. The molecule has 0 aliphatic heterocycles. The summed E-state index contributed by atoms with van der Waals surface area (Å²) in [6.45, 7) is 9.39. The van der Waals surface area contributed by atoms with Gasteiger partial charge in [0.1, 0.15) is 0 Å². The van der Waals surface area contributed by atoms with E-state index in [1.807, 2.05) is 23.2 Å². The van der Waals surface area contributed by atoms with Crippen molar-refractivity contribution < 1.29 is 0 Å². The quantitative estimate of drug-likeness (QED) is 0.937. The zero-order valence-electron chi connectivity index (χ0n) is 11.9. The molecule has 5 nitrogen and oxygen atoms in total. The Kier molecular flexibility index (Phi) is 3.85. The van der Waals surface area contributed by atoms with Crippen molar-refractivity contribution in [1.29, 1.82) is 0 Å². The summed E-state index contributed by atoms with van der Waals surface area (Å²) in [6.07, 6.45) is 0.831. The molecular formula is C13H20ClN5. The van der Waals surface area contributed by atoms with Gasteiger partial charge in [0.2, 0.25) is 0 Å². The van der Waals surface area contributed by atoms with Crippen LogP contribution in [0, 0.1) is 13.8 Å². The lowest BCUT2D eigenvalue weighted by molar-refractivity contribution is 0.566. The van der Waals surface area contributed by atoms with Crippen LogP contribution in [0.1, 0.15) is 36.6 Å². The Bertz CT molecular complexity index is 597. The standard InChI is InChI=1S/C13H20ClN5/c1-5-10-12(14)11(18(6-2)17-10)7-19-9(4)13(15)8(3)16-19/h5-7,15H2,1-4H3. The second kappa shape index (κ2) is 5.25. The molecule has 2 aromatic heterocycles. The van der Waals surface area contributed by atoms with Crippen molar-refractivity contribution in [3.05, 3.63) is 27.8 Å². The number of aromatic nitrogens is 4. The SMILES string of the molecule is CCc1nn(CC)c(Cn2nc(C)c(N)c2C)c1Cl. The van der Waals surface area contributed by atoms with Crippen molar-refractivity contribution in [3.63, 3.8) is 0 Å². The molecule has 0 radical (unpaired) electrons. The van der Waals surface area contributed by atoms with Crippen molar-refractivity contribution >= 4 is 17.3 Å². The normalized spacial score (nSPS) is 11.2. The van der Waals surface area contributed by atoms with E-state index in [2.05, 4.69) is 24.0 Å². The largest absolute Gasteiger partial charge is 0.396 e. The van der Waals surface area contributed by atoms with Gasteiger partial charge in [-0.1, -0.05) is 18.5 Å². The zero-order valence-corrected chi connectivity index (χ0v) is 12.6. The summed E-state index contributed by atoms with van der Waals surface area (Å²) in [4.78, 5) is 0. The first-order chi connectivity index (χ1) is 8.99. The summed E-state index contributed by atoms with van der Waals surface area (Å²) in [5.74, 6) is 0. The zero-order chi connectivity index (χ0) is 14.2. The first kappa shape index (κ1) is 13.9. The van der Waals surface area contributed by atoms with Gasteiger partial charge in [0.15, 0.2) is 0 Å². The van der Waals surface area contributed by atoms with Crippen LogP contribution in [0.2, 0.25) is 5.02 Å². The number of halogens is 1. The summed E-state index contributed by atoms with van der Waals surface area (Å²) in [7, 11) is 0. The van der Waals surface area contributed by atoms with Gasteiger partial charge in [0.05, 0.1) is 40.0 Å². The van der Waals surface area contributed by atoms with Gasteiger partial charge in [0, 0.05) is 6.54 Å². The monoisotopic (exact) mass is 281 g/mol. The molecule has 0 aliphatic rings. The third-order valence-electron chi connectivity index (χ3n) is 3.43. The fourth-order valence-electron chi connectivity index (χ4n) is 2.17. The molecule has 104 valence electrons. The summed E-state index contributed by atoms with van der Waals surface area (Å²) >= 11 is 6.40. The molecule has 0 unspecified atom stereocenters. The van der Waals surface area contributed by atoms with Gasteiger partial charge >= 0.3 is 0 Å². The highest BCUT2D eigenvalue weighted by Crippen LogP contribution is 2.24. The maximum absolute atomic E-state index is 6.40. The average Bonchev–Trinajstić information content (AvgIpc) is 2.83. The van der Waals surface area contributed by atoms with E-state index in [9.17, 15) is 0 Å². The lowest BCUT2D eigenvalue weighted by Gasteiger charge is -2.07. The molecule has 6 heteroatoms. The number of nitrogens with zero attached hydrogens (tertiary/aromatic N) is 4. The van der Waals surface area contributed by atoms with Crippen LogP contribution in [0.5, 0.6) is 0 Å². The Morgan fingerprint density at radius 2 is 1.84 bits per heavy atom. The van der Waals surface area contributed by atoms with Crippen molar-refractivity contribution in [2.75, 3.05) is 5.73 Å². The highest BCUT2D eigenvalue weighted by atomic mass is 35.5. The van der Waals surface area contributed by atoms with Crippen LogP contribution >= 0.6 is 11.6 Å². The first-order valence-electron chi connectivity index (χ1n) is 6.53. The number of aryl methyl sites for hydroxylation is 3. The van der Waals surface area contributed by atoms with E-state index in [1.165, 1.54) is 0 Å². The first-order valence-corrected chi connectivity index (χ1v) is 6.90. The second-order valence-corrected chi connectivity index (χ2v) is 5.00. The van der Waals surface area contributed by atoms with Gasteiger partial charge in [-0.05, 0) is 27.2 Å². The van der Waals surface area contributed by atoms with E-state index < -0.39 is 0 Å². The van der Waals surface area contributed by atoms with Crippen LogP contribution in [-0.2, 0) is 19.5 Å². The second-order valence-electron chi connectivity index (χ2n) is 4.62. The molecule has 0 bridgehead atoms. The topological polar surface area (TPSA) is 61.7 Å². The smallest absolute Gasteiger partial charge is 0.0869 e. The number of nitrogen functional groups attached to an aromatic ring is 1. The minimum atomic E-state index is 0.601. The van der Waals surface area contributed by atoms with Crippen molar-refractivity contribution in [2.45, 2.75) is 47.2 Å². The molecule has 19 heavy (non-hydrogen) atoms. The summed E-state index contributed by atoms with van der Waals surface area (Å²) in [6, 6.07) is 0. The lowest BCUT2D eigenvalue weighted by atomic mass is 10.3. The van der Waals surface area contributed by atoms with E-state index in [1.54, 1.807) is 0 Å². The Balaban J connectivity index is 2.42. The number of hydrogen-bond donors (Lipinski definition) is 1. The van der Waals surface area contributed by atoms with Crippen LogP contribution in [-0.4, -0.2) is 19.6 Å². The van der Waals surface area contributed by atoms with Gasteiger partial charge in [-0.25, -0.2) is 0 Å². The van der Waals surface area contributed by atoms with E-state index in [4.69, 9.17) is 17.3 Å². The Morgan fingerprint density at radius 1 is 1.16 bits per heavy atom. The van der Waals surface area contributed by atoms with E-state index in [-0.39, 0.29) is 0 Å². The maximum atomic E-state index is 6.40. The van der Waals surface area contributed by atoms with E-state index >= 15 is 0 Å². The van der Waals surface area contributed by atoms with E-state index in [0.29, 0.717) is 6.54 Å². The molecule has 2 aromatic rings. The maximum Gasteiger partial charge on any atom is 0.0869 e. The third kappa shape index (κ3) is 2.34. The molecular weight excluding hydrogens is 262 g/mol. The molecule has 0 fully saturated rings. The molecule has 2 N–H and O–H groups in total. The molecule has 0 amide bonds. The number of nitrogens with two attached hydrogens (primary N) is 1. The van der Waals surface area contributed by atoms with Crippen LogP contribution in [0.3, 0.4) is 0 Å². The highest BCUT2D eigenvalue weighted by Gasteiger charge is 2.17. The van der Waals surface area contributed by atoms with Gasteiger partial charge in [0.25, 0.3) is 0 Å². The molecule has 2 heterocycles. The van der Waals surface area contributed by atoms with Crippen molar-refractivity contribution in [3.8, 4) is 0 Å². The summed E-state index contributed by atoms with van der Waals surface area (Å²) in [5, 5.41) is 9.71. The van der Waals surface area contributed by atoms with Gasteiger partial charge in [-0.15, -0.1) is 0 Å². The Morgan fingerprint density at radius 3 is 2.32 bits per heavy atom. The molecule has 0 saturated carbocycles. The average molecular weight is 282 g/mol. The number of hydrogen-bond acceptors (Lipinski definition) is 3. The molecule has 0 saturated heterocycles. The molecule has 0 aliphatic carbocycles. The Hall–Kier alpha value is -1.49. The van der Waals surface area contributed by atoms with Crippen molar-refractivity contribution in [1.82, 2.24) is 19.6 Å². The summed E-state index contributed by atoms with van der Waals surface area (Å²) < 4.78 is 3.83. The fourth-order valence-corrected chi connectivity index (χ4v) is 2.50. The van der Waals surface area contributed by atoms with Crippen molar-refractivity contribution in [2.24, 2.45) is 0 Å². The van der Waals surface area contributed by atoms with Gasteiger partial charge in [-0.3, -0.25) is 9.36 Å². The van der Waals surface area contributed by atoms with Crippen LogP contribution in [0.25, 0.3) is 0 Å². The van der Waals surface area contributed by atoms with Crippen LogP contribution in [0.4, 0.5) is 5.69 Å². The van der Waals surface area contributed by atoms with Crippen LogP contribution < -0.4 is 5.73 Å². The number of rotatable bonds is 4. The predicted octanol–water partition coefficient (Wildman–Crippen LogP) is 2.56. The van der Waals surface area contributed by atoms with E-state index in [0.717, 1.165) is 46.5 Å². The summed E-state index contributed by atoms with van der Waals surface area (Å²) in [5.41, 5.74) is 10.5. The molecule has 0 spiro atoms. The van der Waals surface area contributed by atoms with Crippen LogP contribution in [0.15, 0.2) is 0 Å². The lowest BCUT2D eigenvalue weighted by Crippen LogP contribution is -2.10. The van der Waals surface area contributed by atoms with Gasteiger partial charge < -0.3 is 5.73 Å². The van der Waals surface area contributed by atoms with Gasteiger partial charge in [-0.2, -0.15) is 10.2 Å². The minimum Gasteiger partial charge on any atom is -0.396 e. The number of anilines is 1. The molecule has 2 rings (SSSR count). The molecule has 0 atom stereocenters. The minimum absolute atomic E-state index is 0.601. The predicted molar refractivity (Wildman–Crippen MR) is 77.5 cm³/mol. The third-order valence-corrected chi connectivity index (χ3v) is 3.87. The Labute approximate surface area is 118 Å². The molecule has 0 aromatic carbocycles. The fraction of sp³-hybridized carbons (Fsp3) is 0.538.